The maximum atomic E-state index is 13.8. The Morgan fingerprint density at radius 3 is 2.76 bits per heavy atom. The van der Waals surface area contributed by atoms with E-state index >= 15 is 0 Å². The molecule has 136 valence electrons. The Bertz CT molecular complexity index is 886. The molecule has 1 saturated heterocycles. The van der Waals surface area contributed by atoms with Crippen LogP contribution in [-0.4, -0.2) is 49.0 Å². The molecule has 1 aliphatic rings. The molecule has 6 nitrogen and oxygen atoms in total. The molecule has 3 rings (SSSR count). The van der Waals surface area contributed by atoms with Crippen molar-refractivity contribution in [1.29, 1.82) is 0 Å². The van der Waals surface area contributed by atoms with Crippen LogP contribution in [0.15, 0.2) is 18.2 Å². The highest BCUT2D eigenvalue weighted by Crippen LogP contribution is 2.24. The van der Waals surface area contributed by atoms with Gasteiger partial charge in [-0.3, -0.25) is 4.79 Å². The number of nitrogens with zero attached hydrogens (tertiary/aromatic N) is 1. The molecule has 0 unspecified atom stereocenters. The summed E-state index contributed by atoms with van der Waals surface area (Å²) in [5.74, 6) is -0.728. The molecule has 25 heavy (non-hydrogen) atoms. The van der Waals surface area contributed by atoms with Crippen LogP contribution in [0.1, 0.15) is 24.1 Å². The van der Waals surface area contributed by atoms with Crippen LogP contribution in [0.4, 0.5) is 4.39 Å². The largest absolute Gasteiger partial charge is 0.356 e. The number of carbonyl (C=O) groups is 1. The Kier molecular flexibility index (Phi) is 5.10. The first kappa shape index (κ1) is 17.9. The third kappa shape index (κ3) is 3.85. The van der Waals surface area contributed by atoms with Crippen molar-refractivity contribution in [1.82, 2.24) is 14.6 Å². The van der Waals surface area contributed by atoms with Crippen LogP contribution in [0, 0.1) is 12.7 Å². The minimum absolute atomic E-state index is 0.0768. The predicted molar refractivity (Wildman–Crippen MR) is 94.3 cm³/mol. The van der Waals surface area contributed by atoms with E-state index in [9.17, 15) is 17.6 Å². The summed E-state index contributed by atoms with van der Waals surface area (Å²) in [6.45, 7) is 3.00. The van der Waals surface area contributed by atoms with E-state index in [2.05, 4.69) is 10.3 Å². The SMILES string of the molecule is Cc1[nH]c2c(F)cccc2c1CC(=O)NCCS(=O)(=O)N1CCCC1. The number of aromatic amines is 1. The van der Waals surface area contributed by atoms with Crippen molar-refractivity contribution in [2.75, 3.05) is 25.4 Å². The molecule has 2 heterocycles. The van der Waals surface area contributed by atoms with Gasteiger partial charge in [-0.1, -0.05) is 12.1 Å². The molecule has 8 heteroatoms. The molecule has 0 saturated carbocycles. The Balaban J connectivity index is 1.60. The summed E-state index contributed by atoms with van der Waals surface area (Å²) >= 11 is 0. The lowest BCUT2D eigenvalue weighted by atomic mass is 10.1. The number of rotatable bonds is 6. The molecule has 1 fully saturated rings. The van der Waals surface area contributed by atoms with Crippen molar-refractivity contribution in [2.24, 2.45) is 0 Å². The van der Waals surface area contributed by atoms with Gasteiger partial charge in [0.1, 0.15) is 5.82 Å². The Hall–Kier alpha value is -1.93. The second kappa shape index (κ2) is 7.13. The first-order valence-electron chi connectivity index (χ1n) is 8.38. The topological polar surface area (TPSA) is 82.3 Å². The average Bonchev–Trinajstić information content (AvgIpc) is 3.18. The standard InChI is InChI=1S/C17H22FN3O3S/c1-12-14(13-5-4-6-15(18)17(13)20-12)11-16(22)19-7-10-25(23,24)21-8-2-3-9-21/h4-6,20H,2-3,7-11H2,1H3,(H,19,22). The lowest BCUT2D eigenvalue weighted by molar-refractivity contribution is -0.120. The average molecular weight is 367 g/mol. The summed E-state index contributed by atoms with van der Waals surface area (Å²) in [5, 5.41) is 3.33. The van der Waals surface area contributed by atoms with Gasteiger partial charge < -0.3 is 10.3 Å². The van der Waals surface area contributed by atoms with E-state index < -0.39 is 10.0 Å². The number of para-hydroxylation sites is 1. The third-order valence-corrected chi connectivity index (χ3v) is 6.45. The van der Waals surface area contributed by atoms with Crippen LogP contribution >= 0.6 is 0 Å². The number of aryl methyl sites for hydroxylation is 1. The minimum atomic E-state index is -3.30. The van der Waals surface area contributed by atoms with Crippen LogP contribution in [-0.2, 0) is 21.2 Å². The first-order valence-corrected chi connectivity index (χ1v) is 9.99. The highest BCUT2D eigenvalue weighted by atomic mass is 32.2. The zero-order chi connectivity index (χ0) is 18.0. The van der Waals surface area contributed by atoms with Crippen molar-refractivity contribution in [2.45, 2.75) is 26.2 Å². The van der Waals surface area contributed by atoms with Crippen molar-refractivity contribution in [3.05, 3.63) is 35.3 Å². The highest BCUT2D eigenvalue weighted by molar-refractivity contribution is 7.89. The molecular weight excluding hydrogens is 345 g/mol. The van der Waals surface area contributed by atoms with Crippen LogP contribution in [0.2, 0.25) is 0 Å². The van der Waals surface area contributed by atoms with E-state index in [0.29, 0.717) is 24.0 Å². The fourth-order valence-corrected chi connectivity index (χ4v) is 4.67. The Labute approximate surface area is 146 Å². The van der Waals surface area contributed by atoms with Gasteiger partial charge in [0.15, 0.2) is 0 Å². The summed E-state index contributed by atoms with van der Waals surface area (Å²) in [7, 11) is -3.30. The molecule has 0 spiro atoms. The summed E-state index contributed by atoms with van der Waals surface area (Å²) in [6.07, 6.45) is 1.86. The van der Waals surface area contributed by atoms with E-state index in [1.54, 1.807) is 19.1 Å². The smallest absolute Gasteiger partial charge is 0.224 e. The zero-order valence-electron chi connectivity index (χ0n) is 14.1. The van der Waals surface area contributed by atoms with Crippen molar-refractivity contribution < 1.29 is 17.6 Å². The summed E-state index contributed by atoms with van der Waals surface area (Å²) in [4.78, 5) is 15.1. The molecule has 0 radical (unpaired) electrons. The number of fused-ring (bicyclic) bond motifs is 1. The summed E-state index contributed by atoms with van der Waals surface area (Å²) < 4.78 is 39.5. The number of benzene rings is 1. The van der Waals surface area contributed by atoms with Gasteiger partial charge in [-0.15, -0.1) is 0 Å². The summed E-state index contributed by atoms with van der Waals surface area (Å²) in [6, 6.07) is 4.74. The van der Waals surface area contributed by atoms with Gasteiger partial charge in [-0.25, -0.2) is 17.1 Å². The quantitative estimate of drug-likeness (QED) is 0.815. The number of nitrogens with one attached hydrogen (secondary N) is 2. The van der Waals surface area contributed by atoms with Crippen molar-refractivity contribution in [3.8, 4) is 0 Å². The number of H-pyrrole nitrogens is 1. The van der Waals surface area contributed by atoms with E-state index in [0.717, 1.165) is 24.1 Å². The third-order valence-electron chi connectivity index (χ3n) is 4.58. The second-order valence-electron chi connectivity index (χ2n) is 6.34. The number of hydrogen-bond acceptors (Lipinski definition) is 3. The lowest BCUT2D eigenvalue weighted by Gasteiger charge is -2.15. The summed E-state index contributed by atoms with van der Waals surface area (Å²) in [5.41, 5.74) is 1.86. The van der Waals surface area contributed by atoms with Gasteiger partial charge >= 0.3 is 0 Å². The monoisotopic (exact) mass is 367 g/mol. The molecule has 0 atom stereocenters. The second-order valence-corrected chi connectivity index (χ2v) is 8.43. The molecule has 1 aliphatic heterocycles. The zero-order valence-corrected chi connectivity index (χ0v) is 15.0. The van der Waals surface area contributed by atoms with E-state index in [1.165, 1.54) is 10.4 Å². The van der Waals surface area contributed by atoms with E-state index in [1.807, 2.05) is 0 Å². The Morgan fingerprint density at radius 2 is 2.04 bits per heavy atom. The fourth-order valence-electron chi connectivity index (χ4n) is 3.23. The van der Waals surface area contributed by atoms with Crippen LogP contribution in [0.5, 0.6) is 0 Å². The van der Waals surface area contributed by atoms with Crippen LogP contribution in [0.25, 0.3) is 10.9 Å². The predicted octanol–water partition coefficient (Wildman–Crippen LogP) is 1.70. The number of halogens is 1. The lowest BCUT2D eigenvalue weighted by Crippen LogP contribution is -2.36. The van der Waals surface area contributed by atoms with Gasteiger partial charge in [0.2, 0.25) is 15.9 Å². The number of carbonyl (C=O) groups excluding carboxylic acids is 1. The highest BCUT2D eigenvalue weighted by Gasteiger charge is 2.25. The Morgan fingerprint density at radius 1 is 1.32 bits per heavy atom. The molecule has 0 aliphatic carbocycles. The number of sulfonamides is 1. The molecule has 1 amide bonds. The van der Waals surface area contributed by atoms with Gasteiger partial charge in [0, 0.05) is 30.7 Å². The van der Waals surface area contributed by atoms with Gasteiger partial charge in [-0.2, -0.15) is 0 Å². The molecular formula is C17H22FN3O3S. The van der Waals surface area contributed by atoms with E-state index in [-0.39, 0.29) is 30.4 Å². The van der Waals surface area contributed by atoms with Gasteiger partial charge in [0.25, 0.3) is 0 Å². The molecule has 2 N–H and O–H groups in total. The van der Waals surface area contributed by atoms with Crippen LogP contribution in [0.3, 0.4) is 0 Å². The molecule has 1 aromatic carbocycles. The number of amides is 1. The van der Waals surface area contributed by atoms with Gasteiger partial charge in [-0.05, 0) is 31.4 Å². The maximum absolute atomic E-state index is 13.8. The van der Waals surface area contributed by atoms with Crippen molar-refractivity contribution in [3.63, 3.8) is 0 Å². The molecule has 2 aromatic rings. The number of hydrogen-bond donors (Lipinski definition) is 2. The van der Waals surface area contributed by atoms with Crippen molar-refractivity contribution >= 4 is 26.8 Å². The first-order chi connectivity index (χ1) is 11.9. The molecule has 1 aromatic heterocycles. The fraction of sp³-hybridized carbons (Fsp3) is 0.471. The van der Waals surface area contributed by atoms with Crippen LogP contribution < -0.4 is 5.32 Å². The number of aromatic nitrogens is 1. The van der Waals surface area contributed by atoms with E-state index in [4.69, 9.17) is 0 Å². The minimum Gasteiger partial charge on any atom is -0.356 e. The normalized spacial score (nSPS) is 15.8. The maximum Gasteiger partial charge on any atom is 0.224 e. The molecule has 0 bridgehead atoms. The van der Waals surface area contributed by atoms with Gasteiger partial charge in [0.05, 0.1) is 17.7 Å².